The van der Waals surface area contributed by atoms with Crippen molar-refractivity contribution < 1.29 is 29.4 Å². The minimum atomic E-state index is -3.81. The smallest absolute Gasteiger partial charge is 0.319 e. The highest BCUT2D eigenvalue weighted by Gasteiger charge is 2.05. The standard InChI is InChI=1S/C9H12S2.C3H8.C2H6.2H3O3PS/c1-10-9(11-2)8-6-4-3-5-7-8;1-3-2;1-2;2*1-4(2,3)5/h3-7,9H,1-2H3;3H2,1-2H3;1-2H3;2*(H3,1,2,3,5). The number of hydrogen-bond acceptors (Lipinski definition) is 4. The Balaban J connectivity index is -0.000000137. The van der Waals surface area contributed by atoms with Crippen LogP contribution in [0.2, 0.25) is 0 Å². The molecule has 26 heavy (non-hydrogen) atoms. The highest BCUT2D eigenvalue weighted by atomic mass is 32.5. The predicted molar refractivity (Wildman–Crippen MR) is 125 cm³/mol. The lowest BCUT2D eigenvalue weighted by atomic mass is 10.2. The zero-order chi connectivity index (χ0) is 21.8. The largest absolute Gasteiger partial charge is 0.325 e. The number of rotatable bonds is 3. The molecular weight excluding hydrogens is 454 g/mol. The summed E-state index contributed by atoms with van der Waals surface area (Å²) < 4.78 is 0.594. The van der Waals surface area contributed by atoms with Gasteiger partial charge in [-0.05, 0) is 41.7 Å². The third kappa shape index (κ3) is 49.8. The summed E-state index contributed by atoms with van der Waals surface area (Å²) in [4.78, 5) is 45.3. The summed E-state index contributed by atoms with van der Waals surface area (Å²) in [5.41, 5.74) is 1.41. The van der Waals surface area contributed by atoms with Gasteiger partial charge in [0, 0.05) is 0 Å². The Morgan fingerprint density at radius 3 is 1.23 bits per heavy atom. The van der Waals surface area contributed by atoms with Crippen molar-refractivity contribution in [1.82, 2.24) is 0 Å². The average molecular weight is 487 g/mol. The van der Waals surface area contributed by atoms with Crippen molar-refractivity contribution in [2.24, 2.45) is 0 Å². The fourth-order valence-electron chi connectivity index (χ4n) is 0.979. The first kappa shape index (κ1) is 34.5. The molecule has 12 heteroatoms. The van der Waals surface area contributed by atoms with Crippen LogP contribution in [-0.2, 0) is 23.6 Å². The van der Waals surface area contributed by atoms with Crippen LogP contribution in [0.25, 0.3) is 0 Å². The van der Waals surface area contributed by atoms with Crippen LogP contribution in [0.1, 0.15) is 44.3 Å². The van der Waals surface area contributed by atoms with E-state index in [4.69, 9.17) is 29.4 Å². The summed E-state index contributed by atoms with van der Waals surface area (Å²) in [6.07, 6.45) is 5.54. The first-order valence-corrected chi connectivity index (χ1v) is 15.4. The van der Waals surface area contributed by atoms with Crippen molar-refractivity contribution >= 4 is 60.6 Å². The first-order valence-electron chi connectivity index (χ1n) is 7.47. The first-order chi connectivity index (χ1) is 11.8. The summed E-state index contributed by atoms with van der Waals surface area (Å²) in [5, 5.41) is 0. The van der Waals surface area contributed by atoms with Crippen LogP contribution in [0.3, 0.4) is 0 Å². The molecule has 0 atom stereocenters. The third-order valence-corrected chi connectivity index (χ3v) is 4.06. The topological polar surface area (TPSA) is 121 Å². The molecule has 1 rings (SSSR count). The molecule has 0 unspecified atom stereocenters. The molecule has 1 aromatic rings. The van der Waals surface area contributed by atoms with Crippen molar-refractivity contribution in [3.63, 3.8) is 0 Å². The summed E-state index contributed by atoms with van der Waals surface area (Å²) in [6, 6.07) is 10.6. The molecule has 1 aromatic carbocycles. The van der Waals surface area contributed by atoms with Crippen molar-refractivity contribution in [2.75, 3.05) is 12.5 Å². The van der Waals surface area contributed by atoms with Crippen molar-refractivity contribution in [1.29, 1.82) is 0 Å². The van der Waals surface area contributed by atoms with Gasteiger partial charge < -0.3 is 29.4 Å². The van der Waals surface area contributed by atoms with Crippen LogP contribution in [0, 0.1) is 0 Å². The van der Waals surface area contributed by atoms with Gasteiger partial charge in [0.05, 0.1) is 4.58 Å². The molecule has 0 radical (unpaired) electrons. The molecule has 6 N–H and O–H groups in total. The summed E-state index contributed by atoms with van der Waals surface area (Å²) >= 11 is 11.0. The average Bonchev–Trinajstić information content (AvgIpc) is 2.49. The van der Waals surface area contributed by atoms with Crippen LogP contribution in [0.5, 0.6) is 0 Å². The van der Waals surface area contributed by atoms with Crippen LogP contribution < -0.4 is 0 Å². The lowest BCUT2D eigenvalue weighted by Gasteiger charge is -2.10. The van der Waals surface area contributed by atoms with E-state index in [0.29, 0.717) is 4.58 Å². The molecule has 0 saturated heterocycles. The van der Waals surface area contributed by atoms with Crippen molar-refractivity contribution in [3.05, 3.63) is 35.9 Å². The van der Waals surface area contributed by atoms with Gasteiger partial charge in [-0.1, -0.05) is 64.4 Å². The van der Waals surface area contributed by atoms with Gasteiger partial charge in [-0.3, -0.25) is 0 Å². The second kappa shape index (κ2) is 22.3. The highest BCUT2D eigenvalue weighted by Crippen LogP contribution is 2.35. The Morgan fingerprint density at radius 1 is 0.808 bits per heavy atom. The van der Waals surface area contributed by atoms with Crippen LogP contribution in [0.4, 0.5) is 0 Å². The second-order valence-electron chi connectivity index (χ2n) is 3.95. The van der Waals surface area contributed by atoms with E-state index < -0.39 is 13.4 Å². The molecule has 0 amide bonds. The van der Waals surface area contributed by atoms with Gasteiger partial charge >= 0.3 is 13.4 Å². The minimum absolute atomic E-state index is 0.594. The van der Waals surface area contributed by atoms with E-state index in [9.17, 15) is 0 Å². The van der Waals surface area contributed by atoms with Gasteiger partial charge in [-0.2, -0.15) is 0 Å². The monoisotopic (exact) mass is 486 g/mol. The SMILES string of the molecule is CC.CCC.CSC(SC)c1ccccc1.OP(O)(O)=S.OP(O)(O)=S. The van der Waals surface area contributed by atoms with E-state index in [1.54, 1.807) is 0 Å². The van der Waals surface area contributed by atoms with Gasteiger partial charge in [-0.15, -0.1) is 23.5 Å². The molecule has 0 spiro atoms. The normalized spacial score (nSPS) is 9.88. The molecule has 158 valence electrons. The van der Waals surface area contributed by atoms with Gasteiger partial charge in [0.1, 0.15) is 0 Å². The van der Waals surface area contributed by atoms with Gasteiger partial charge in [0.25, 0.3) is 0 Å². The van der Waals surface area contributed by atoms with E-state index >= 15 is 0 Å². The summed E-state index contributed by atoms with van der Waals surface area (Å²) in [5.74, 6) is 0. The third-order valence-electron chi connectivity index (χ3n) is 1.50. The van der Waals surface area contributed by atoms with Gasteiger partial charge in [0.15, 0.2) is 0 Å². The summed E-state index contributed by atoms with van der Waals surface area (Å²) in [7, 11) is 0. The molecular formula is C14H32O6P2S4. The maximum atomic E-state index is 7.56. The Morgan fingerprint density at radius 2 is 1.04 bits per heavy atom. The van der Waals surface area contributed by atoms with E-state index in [2.05, 4.69) is 80.3 Å². The number of hydrogen-bond donors (Lipinski definition) is 6. The quantitative estimate of drug-likeness (QED) is 0.273. The van der Waals surface area contributed by atoms with E-state index in [-0.39, 0.29) is 0 Å². The lowest BCUT2D eigenvalue weighted by molar-refractivity contribution is 0.361. The number of thioether (sulfide) groups is 2. The predicted octanol–water partition coefficient (Wildman–Crippen LogP) is 4.23. The Labute approximate surface area is 176 Å². The molecule has 6 nitrogen and oxygen atoms in total. The number of benzene rings is 1. The van der Waals surface area contributed by atoms with Crippen LogP contribution in [-0.4, -0.2) is 41.9 Å². The zero-order valence-corrected chi connectivity index (χ0v) is 20.9. The van der Waals surface area contributed by atoms with E-state index in [0.717, 1.165) is 0 Å². The molecule has 0 aliphatic rings. The van der Waals surface area contributed by atoms with E-state index in [1.807, 2.05) is 37.4 Å². The second-order valence-corrected chi connectivity index (χ2v) is 11.1. The Hall–Kier alpha value is 0.980. The van der Waals surface area contributed by atoms with E-state index in [1.165, 1.54) is 12.0 Å². The molecule has 0 aliphatic carbocycles. The van der Waals surface area contributed by atoms with Gasteiger partial charge in [-0.25, -0.2) is 0 Å². The molecule has 0 fully saturated rings. The minimum Gasteiger partial charge on any atom is -0.325 e. The fourth-order valence-corrected chi connectivity index (χ4v) is 2.61. The molecule has 0 bridgehead atoms. The Kier molecular flexibility index (Phi) is 29.5. The lowest BCUT2D eigenvalue weighted by Crippen LogP contribution is -1.85. The van der Waals surface area contributed by atoms with Crippen molar-refractivity contribution in [3.8, 4) is 0 Å². The molecule has 0 aliphatic heterocycles. The van der Waals surface area contributed by atoms with Gasteiger partial charge in [0.2, 0.25) is 0 Å². The van der Waals surface area contributed by atoms with Crippen LogP contribution >= 0.6 is 37.0 Å². The zero-order valence-electron chi connectivity index (χ0n) is 15.9. The van der Waals surface area contributed by atoms with Crippen LogP contribution in [0.15, 0.2) is 30.3 Å². The molecule has 0 aromatic heterocycles. The maximum absolute atomic E-state index is 7.56. The Bertz CT molecular complexity index is 441. The molecule has 0 heterocycles. The fraction of sp³-hybridized carbons (Fsp3) is 0.571. The molecule has 0 saturated carbocycles. The highest BCUT2D eigenvalue weighted by molar-refractivity contribution is 8.15. The van der Waals surface area contributed by atoms with Crippen molar-refractivity contribution in [2.45, 2.75) is 38.7 Å². The summed E-state index contributed by atoms with van der Waals surface area (Å²) in [6.45, 7) is 0.639. The maximum Gasteiger partial charge on any atom is 0.319 e.